The van der Waals surface area contributed by atoms with Crippen LogP contribution in [0.15, 0.2) is 30.1 Å². The second kappa shape index (κ2) is 7.63. The number of rotatable bonds is 4. The number of hydrogen-bond donors (Lipinski definition) is 1. The molecule has 1 aromatic carbocycles. The Morgan fingerprint density at radius 1 is 1.35 bits per heavy atom. The number of hydrogen-bond acceptors (Lipinski definition) is 5. The number of alkyl halides is 1. The van der Waals surface area contributed by atoms with Crippen molar-refractivity contribution in [3.05, 3.63) is 58.0 Å². The highest BCUT2D eigenvalue weighted by molar-refractivity contribution is 6.31. The summed E-state index contributed by atoms with van der Waals surface area (Å²) < 4.78 is 35.3. The summed E-state index contributed by atoms with van der Waals surface area (Å²) in [6.45, 7) is 2.14. The number of nitrogens with two attached hydrogens (primary N) is 1. The lowest BCUT2D eigenvalue weighted by Crippen LogP contribution is -2.46. The fraction of sp³-hybridized carbons (Fsp3) is 0.480. The van der Waals surface area contributed by atoms with E-state index in [4.69, 9.17) is 22.1 Å². The fourth-order valence-corrected chi connectivity index (χ4v) is 6.19. The minimum Gasteiger partial charge on any atom is -0.486 e. The van der Waals surface area contributed by atoms with E-state index in [1.54, 1.807) is 6.92 Å². The van der Waals surface area contributed by atoms with Gasteiger partial charge in [-0.2, -0.15) is 0 Å². The molecule has 2 aromatic rings. The molecule has 6 rings (SSSR count). The second-order valence-electron chi connectivity index (χ2n) is 10.0. The largest absolute Gasteiger partial charge is 0.486 e. The predicted octanol–water partition coefficient (Wildman–Crippen LogP) is 4.31. The van der Waals surface area contributed by atoms with Crippen molar-refractivity contribution in [3.63, 3.8) is 0 Å². The highest BCUT2D eigenvalue weighted by Crippen LogP contribution is 2.74. The van der Waals surface area contributed by atoms with Crippen LogP contribution in [0, 0.1) is 30.0 Å². The van der Waals surface area contributed by atoms with Gasteiger partial charge in [-0.1, -0.05) is 11.6 Å². The highest BCUT2D eigenvalue weighted by atomic mass is 35.5. The molecule has 3 aliphatic carbocycles. The van der Waals surface area contributed by atoms with Crippen molar-refractivity contribution in [1.29, 1.82) is 0 Å². The third-order valence-corrected chi connectivity index (χ3v) is 8.60. The maximum atomic E-state index is 15.1. The molecule has 2 heterocycles. The molecule has 1 aliphatic heterocycles. The molecule has 1 aromatic heterocycles. The summed E-state index contributed by atoms with van der Waals surface area (Å²) in [6, 6.07) is 3.78. The van der Waals surface area contributed by atoms with E-state index >= 15 is 4.39 Å². The van der Waals surface area contributed by atoms with E-state index in [-0.39, 0.29) is 41.6 Å². The van der Waals surface area contributed by atoms with Crippen molar-refractivity contribution in [1.82, 2.24) is 14.9 Å². The first-order chi connectivity index (χ1) is 16.3. The summed E-state index contributed by atoms with van der Waals surface area (Å²) in [4.78, 5) is 23.6. The molecular formula is C25H25ClF2N4O2. The zero-order chi connectivity index (χ0) is 23.8. The van der Waals surface area contributed by atoms with Crippen molar-refractivity contribution >= 4 is 23.1 Å². The summed E-state index contributed by atoms with van der Waals surface area (Å²) in [5, 5.41) is 0.446. The van der Waals surface area contributed by atoms with Gasteiger partial charge in [0.25, 0.3) is 5.91 Å². The standard InChI is InChI=1S/C25H25ClF2N4O2/c1-12-18(26)9-30-23(31-12)16-10-32(11-19(16)29)24(33)15-3-2-14(27)7-20(15)34-21-6-13-4-5-25(13)8-17(25)22(21)28/h2-3,7,9,13,17,21-22H,4-6,8,10-11,29H2,1H3/t13?,17?,21-,22?,25?/m0/s1. The van der Waals surface area contributed by atoms with Gasteiger partial charge in [0.2, 0.25) is 0 Å². The smallest absolute Gasteiger partial charge is 0.258 e. The van der Waals surface area contributed by atoms with Gasteiger partial charge in [-0.3, -0.25) is 4.79 Å². The topological polar surface area (TPSA) is 81.3 Å². The van der Waals surface area contributed by atoms with Gasteiger partial charge in [0.15, 0.2) is 5.82 Å². The normalized spacial score (nSPS) is 31.6. The Bertz CT molecular complexity index is 1240. The number of aryl methyl sites for hydroxylation is 1. The third-order valence-electron chi connectivity index (χ3n) is 8.23. The molecule has 0 saturated heterocycles. The molecule has 0 radical (unpaired) electrons. The van der Waals surface area contributed by atoms with E-state index < -0.39 is 18.1 Å². The van der Waals surface area contributed by atoms with Crippen LogP contribution in [0.25, 0.3) is 5.57 Å². The Labute approximate surface area is 201 Å². The molecular weight excluding hydrogens is 462 g/mol. The van der Waals surface area contributed by atoms with Gasteiger partial charge < -0.3 is 15.4 Å². The zero-order valence-corrected chi connectivity index (χ0v) is 19.5. The molecule has 6 nitrogen and oxygen atoms in total. The number of aromatic nitrogens is 2. The SMILES string of the molecule is Cc1nc(C2=C(N)CN(C(=O)c3ccc(F)cc3O[C@H]3CC4CCC45CC5C3F)C2)ncc1Cl. The highest BCUT2D eigenvalue weighted by Gasteiger charge is 2.70. The molecule has 178 valence electrons. The summed E-state index contributed by atoms with van der Waals surface area (Å²) >= 11 is 6.03. The molecule has 9 heteroatoms. The molecule has 34 heavy (non-hydrogen) atoms. The third kappa shape index (κ3) is 3.29. The molecule has 3 saturated carbocycles. The van der Waals surface area contributed by atoms with Gasteiger partial charge >= 0.3 is 0 Å². The van der Waals surface area contributed by atoms with E-state index in [2.05, 4.69) is 9.97 Å². The summed E-state index contributed by atoms with van der Waals surface area (Å²) in [7, 11) is 0. The molecule has 2 N–H and O–H groups in total. The lowest BCUT2D eigenvalue weighted by molar-refractivity contribution is -0.0352. The first kappa shape index (κ1) is 21.8. The lowest BCUT2D eigenvalue weighted by Gasteiger charge is -2.45. The van der Waals surface area contributed by atoms with Gasteiger partial charge in [-0.15, -0.1) is 0 Å². The van der Waals surface area contributed by atoms with Gasteiger partial charge in [0, 0.05) is 29.5 Å². The number of carbonyl (C=O) groups is 1. The Morgan fingerprint density at radius 3 is 2.91 bits per heavy atom. The molecule has 4 unspecified atom stereocenters. The number of halogens is 3. The van der Waals surface area contributed by atoms with E-state index in [1.165, 1.54) is 29.3 Å². The molecule has 1 amide bonds. The van der Waals surface area contributed by atoms with Crippen LogP contribution in [0.1, 0.15) is 47.6 Å². The van der Waals surface area contributed by atoms with Crippen LogP contribution < -0.4 is 10.5 Å². The van der Waals surface area contributed by atoms with Crippen LogP contribution in [0.4, 0.5) is 8.78 Å². The van der Waals surface area contributed by atoms with Gasteiger partial charge in [-0.05, 0) is 56.1 Å². The maximum absolute atomic E-state index is 15.1. The predicted molar refractivity (Wildman–Crippen MR) is 122 cm³/mol. The molecule has 3 fully saturated rings. The molecule has 0 bridgehead atoms. The number of nitrogens with zero attached hydrogens (tertiary/aromatic N) is 3. The molecule has 4 aliphatic rings. The van der Waals surface area contributed by atoms with Gasteiger partial charge in [-0.25, -0.2) is 18.7 Å². The van der Waals surface area contributed by atoms with Crippen molar-refractivity contribution in [2.24, 2.45) is 23.0 Å². The van der Waals surface area contributed by atoms with E-state index in [9.17, 15) is 9.18 Å². The monoisotopic (exact) mass is 486 g/mol. The summed E-state index contributed by atoms with van der Waals surface area (Å²) in [5.41, 5.74) is 8.34. The Kier molecular flexibility index (Phi) is 4.89. The summed E-state index contributed by atoms with van der Waals surface area (Å²) in [6.07, 6.45) is 3.46. The first-order valence-electron chi connectivity index (χ1n) is 11.6. The Morgan fingerprint density at radius 2 is 2.18 bits per heavy atom. The zero-order valence-electron chi connectivity index (χ0n) is 18.7. The lowest BCUT2D eigenvalue weighted by atomic mass is 9.62. The second-order valence-corrected chi connectivity index (χ2v) is 10.5. The average molecular weight is 487 g/mol. The number of amides is 1. The van der Waals surface area contributed by atoms with Crippen LogP contribution in [0.3, 0.4) is 0 Å². The van der Waals surface area contributed by atoms with E-state index in [1.807, 2.05) is 0 Å². The van der Waals surface area contributed by atoms with Gasteiger partial charge in [0.1, 0.15) is 23.8 Å². The Balaban J connectivity index is 1.22. The van der Waals surface area contributed by atoms with E-state index in [0.717, 1.165) is 19.3 Å². The maximum Gasteiger partial charge on any atom is 0.258 e. The van der Waals surface area contributed by atoms with Crippen LogP contribution in [-0.2, 0) is 0 Å². The molecule has 5 atom stereocenters. The Hall–Kier alpha value is -2.74. The minimum absolute atomic E-state index is 0.0330. The number of benzene rings is 1. The first-order valence-corrected chi connectivity index (χ1v) is 12.0. The van der Waals surface area contributed by atoms with Crippen LogP contribution in [0.5, 0.6) is 5.75 Å². The van der Waals surface area contributed by atoms with Crippen molar-refractivity contribution in [2.75, 3.05) is 13.1 Å². The van der Waals surface area contributed by atoms with Crippen LogP contribution in [0.2, 0.25) is 5.02 Å². The van der Waals surface area contributed by atoms with Crippen LogP contribution >= 0.6 is 11.6 Å². The number of ether oxygens (including phenoxy) is 1. The number of carbonyl (C=O) groups excluding carboxylic acids is 1. The average Bonchev–Trinajstić information content (AvgIpc) is 3.48. The molecule has 1 spiro atoms. The quantitative estimate of drug-likeness (QED) is 0.696. The fourth-order valence-electron chi connectivity index (χ4n) is 6.10. The van der Waals surface area contributed by atoms with E-state index in [0.29, 0.717) is 40.1 Å². The van der Waals surface area contributed by atoms with Gasteiger partial charge in [0.05, 0.1) is 29.4 Å². The minimum atomic E-state index is -1.09. The van der Waals surface area contributed by atoms with Crippen molar-refractivity contribution in [2.45, 2.75) is 44.9 Å². The summed E-state index contributed by atoms with van der Waals surface area (Å²) in [5.74, 6) is 0.0963. The van der Waals surface area contributed by atoms with Crippen LogP contribution in [-0.4, -0.2) is 46.1 Å². The van der Waals surface area contributed by atoms with Crippen molar-refractivity contribution in [3.8, 4) is 5.75 Å². The van der Waals surface area contributed by atoms with Crippen molar-refractivity contribution < 1.29 is 18.3 Å².